The van der Waals surface area contributed by atoms with Crippen LogP contribution in [0, 0.1) is 5.92 Å². The van der Waals surface area contributed by atoms with Crippen molar-refractivity contribution in [1.82, 2.24) is 4.90 Å². The van der Waals surface area contributed by atoms with Gasteiger partial charge in [-0.15, -0.1) is 0 Å². The Morgan fingerprint density at radius 2 is 1.85 bits per heavy atom. The minimum atomic E-state index is 0.534. The topological polar surface area (TPSA) is 24.5 Å². The van der Waals surface area contributed by atoms with Crippen LogP contribution in [0.25, 0.3) is 0 Å². The zero-order valence-electron chi connectivity index (χ0n) is 13.1. The smallest absolute Gasteiger partial charge is 0.119 e. The Hall–Kier alpha value is -1.22. The average molecular weight is 276 g/mol. The van der Waals surface area contributed by atoms with Crippen LogP contribution in [0.3, 0.4) is 0 Å². The van der Waals surface area contributed by atoms with Crippen LogP contribution in [0.2, 0.25) is 0 Å². The third-order valence-electron chi connectivity index (χ3n) is 4.35. The molecule has 112 valence electrons. The Labute approximate surface area is 123 Å². The molecule has 20 heavy (non-hydrogen) atoms. The van der Waals surface area contributed by atoms with Crippen molar-refractivity contribution in [2.45, 2.75) is 39.7 Å². The molecular formula is C17H28N2O. The van der Waals surface area contributed by atoms with Gasteiger partial charge < -0.3 is 15.0 Å². The van der Waals surface area contributed by atoms with Crippen molar-refractivity contribution in [1.29, 1.82) is 0 Å². The quantitative estimate of drug-likeness (QED) is 0.859. The minimum Gasteiger partial charge on any atom is -0.494 e. The van der Waals surface area contributed by atoms with Gasteiger partial charge in [-0.25, -0.2) is 0 Å². The van der Waals surface area contributed by atoms with Gasteiger partial charge in [0.05, 0.1) is 6.61 Å². The maximum Gasteiger partial charge on any atom is 0.119 e. The molecule has 0 spiro atoms. The summed E-state index contributed by atoms with van der Waals surface area (Å²) in [6.07, 6.45) is 2.61. The summed E-state index contributed by atoms with van der Waals surface area (Å²) in [5.41, 5.74) is 1.19. The van der Waals surface area contributed by atoms with Crippen LogP contribution in [0.15, 0.2) is 24.3 Å². The third kappa shape index (κ3) is 4.14. The maximum absolute atomic E-state index is 5.47. The molecule has 0 aromatic heterocycles. The first kappa shape index (κ1) is 15.2. The highest BCUT2D eigenvalue weighted by Gasteiger charge is 2.22. The summed E-state index contributed by atoms with van der Waals surface area (Å²) in [5.74, 6) is 1.73. The molecule has 0 aliphatic carbocycles. The van der Waals surface area contributed by atoms with E-state index in [-0.39, 0.29) is 0 Å². The summed E-state index contributed by atoms with van der Waals surface area (Å²) < 4.78 is 5.47. The number of hydrogen-bond donors (Lipinski definition) is 1. The van der Waals surface area contributed by atoms with Crippen molar-refractivity contribution < 1.29 is 4.74 Å². The van der Waals surface area contributed by atoms with E-state index >= 15 is 0 Å². The molecule has 0 amide bonds. The highest BCUT2D eigenvalue weighted by atomic mass is 16.5. The molecule has 0 bridgehead atoms. The molecule has 1 saturated heterocycles. The number of ether oxygens (including phenoxy) is 1. The first-order valence-corrected chi connectivity index (χ1v) is 7.94. The summed E-state index contributed by atoms with van der Waals surface area (Å²) in [6.45, 7) is 11.0. The summed E-state index contributed by atoms with van der Waals surface area (Å²) >= 11 is 0. The third-order valence-corrected chi connectivity index (χ3v) is 4.35. The highest BCUT2D eigenvalue weighted by molar-refractivity contribution is 5.47. The van der Waals surface area contributed by atoms with Crippen molar-refractivity contribution >= 4 is 5.69 Å². The Morgan fingerprint density at radius 3 is 2.40 bits per heavy atom. The summed E-state index contributed by atoms with van der Waals surface area (Å²) in [4.78, 5) is 2.54. The first-order valence-electron chi connectivity index (χ1n) is 7.94. The molecule has 1 atom stereocenters. The van der Waals surface area contributed by atoms with E-state index in [9.17, 15) is 0 Å². The fraction of sp³-hybridized carbons (Fsp3) is 0.647. The van der Waals surface area contributed by atoms with E-state index in [1.165, 1.54) is 38.2 Å². The van der Waals surface area contributed by atoms with Crippen LogP contribution >= 0.6 is 0 Å². The molecule has 0 radical (unpaired) electrons. The first-order chi connectivity index (χ1) is 9.72. The monoisotopic (exact) mass is 276 g/mol. The van der Waals surface area contributed by atoms with E-state index in [1.807, 2.05) is 19.1 Å². The van der Waals surface area contributed by atoms with Crippen LogP contribution in [0.1, 0.15) is 33.6 Å². The molecule has 1 aliphatic rings. The minimum absolute atomic E-state index is 0.534. The van der Waals surface area contributed by atoms with E-state index in [4.69, 9.17) is 4.74 Å². The van der Waals surface area contributed by atoms with E-state index < -0.39 is 0 Å². The second-order valence-corrected chi connectivity index (χ2v) is 5.66. The molecule has 3 heteroatoms. The zero-order chi connectivity index (χ0) is 14.4. The van der Waals surface area contributed by atoms with Gasteiger partial charge in [0.25, 0.3) is 0 Å². The van der Waals surface area contributed by atoms with Gasteiger partial charge >= 0.3 is 0 Å². The van der Waals surface area contributed by atoms with Crippen LogP contribution < -0.4 is 10.1 Å². The summed E-state index contributed by atoms with van der Waals surface area (Å²) in [6, 6.07) is 8.84. The fourth-order valence-corrected chi connectivity index (χ4v) is 2.96. The fourth-order valence-electron chi connectivity index (χ4n) is 2.96. The van der Waals surface area contributed by atoms with E-state index in [0.29, 0.717) is 6.04 Å². The van der Waals surface area contributed by atoms with Crippen LogP contribution in [0.4, 0.5) is 5.69 Å². The lowest BCUT2D eigenvalue weighted by Crippen LogP contribution is -2.39. The Balaban J connectivity index is 1.83. The van der Waals surface area contributed by atoms with E-state index in [1.54, 1.807) is 0 Å². The lowest BCUT2D eigenvalue weighted by Gasteiger charge is -2.34. The number of rotatable bonds is 6. The van der Waals surface area contributed by atoms with Gasteiger partial charge in [0.15, 0.2) is 0 Å². The second kappa shape index (κ2) is 7.53. The molecule has 1 heterocycles. The zero-order valence-corrected chi connectivity index (χ0v) is 13.1. The number of nitrogens with zero attached hydrogens (tertiary/aromatic N) is 1. The van der Waals surface area contributed by atoms with E-state index in [2.05, 4.69) is 36.2 Å². The molecule has 0 saturated carbocycles. The van der Waals surface area contributed by atoms with Gasteiger partial charge in [0, 0.05) is 11.7 Å². The predicted molar refractivity (Wildman–Crippen MR) is 85.5 cm³/mol. The molecule has 1 unspecified atom stereocenters. The Bertz CT molecular complexity index is 382. The largest absolute Gasteiger partial charge is 0.494 e. The van der Waals surface area contributed by atoms with Crippen molar-refractivity contribution in [3.8, 4) is 5.75 Å². The lowest BCUT2D eigenvalue weighted by molar-refractivity contribution is 0.183. The van der Waals surface area contributed by atoms with E-state index in [0.717, 1.165) is 18.3 Å². The molecule has 1 aliphatic heterocycles. The number of anilines is 1. The number of piperidine rings is 1. The predicted octanol–water partition coefficient (Wildman–Crippen LogP) is 3.62. The number of hydrogen-bond acceptors (Lipinski definition) is 3. The molecule has 3 nitrogen and oxygen atoms in total. The summed E-state index contributed by atoms with van der Waals surface area (Å²) in [7, 11) is 0. The van der Waals surface area contributed by atoms with Gasteiger partial charge in [-0.3, -0.25) is 0 Å². The van der Waals surface area contributed by atoms with Crippen LogP contribution in [0.5, 0.6) is 5.75 Å². The number of likely N-dealkylation sites (tertiary alicyclic amines) is 1. The molecule has 2 rings (SSSR count). The van der Waals surface area contributed by atoms with Crippen LogP contribution in [-0.4, -0.2) is 37.2 Å². The number of nitrogens with one attached hydrogen (secondary N) is 1. The second-order valence-electron chi connectivity index (χ2n) is 5.66. The van der Waals surface area contributed by atoms with Gasteiger partial charge in [0.2, 0.25) is 0 Å². The summed E-state index contributed by atoms with van der Waals surface area (Å²) in [5, 5.41) is 3.64. The van der Waals surface area contributed by atoms with Gasteiger partial charge in [-0.2, -0.15) is 0 Å². The highest BCUT2D eigenvalue weighted by Crippen LogP contribution is 2.24. The standard InChI is InChI=1S/C17H28N2O/c1-4-19-12-10-15(11-13-19)14(3)18-16-6-8-17(9-7-16)20-5-2/h6-9,14-15,18H,4-5,10-13H2,1-3H3. The lowest BCUT2D eigenvalue weighted by atomic mass is 9.90. The van der Waals surface area contributed by atoms with Gasteiger partial charge in [0.1, 0.15) is 5.75 Å². The van der Waals surface area contributed by atoms with Crippen molar-refractivity contribution in [3.05, 3.63) is 24.3 Å². The molecule has 1 N–H and O–H groups in total. The van der Waals surface area contributed by atoms with Crippen molar-refractivity contribution in [2.24, 2.45) is 5.92 Å². The molecular weight excluding hydrogens is 248 g/mol. The maximum atomic E-state index is 5.47. The van der Waals surface area contributed by atoms with Crippen molar-refractivity contribution in [3.63, 3.8) is 0 Å². The Morgan fingerprint density at radius 1 is 1.20 bits per heavy atom. The van der Waals surface area contributed by atoms with Gasteiger partial charge in [-0.1, -0.05) is 6.92 Å². The number of benzene rings is 1. The van der Waals surface area contributed by atoms with Gasteiger partial charge in [-0.05, 0) is 76.5 Å². The normalized spacial score (nSPS) is 18.8. The molecule has 1 aromatic rings. The van der Waals surface area contributed by atoms with Crippen molar-refractivity contribution in [2.75, 3.05) is 31.6 Å². The molecule has 1 aromatic carbocycles. The average Bonchev–Trinajstić information content (AvgIpc) is 2.49. The Kier molecular flexibility index (Phi) is 5.72. The SMILES string of the molecule is CCOc1ccc(NC(C)C2CCN(CC)CC2)cc1. The molecule has 1 fully saturated rings. The van der Waals surface area contributed by atoms with Crippen LogP contribution in [-0.2, 0) is 0 Å².